The van der Waals surface area contributed by atoms with Crippen molar-refractivity contribution in [3.05, 3.63) is 64.5 Å². The first kappa shape index (κ1) is 22.1. The molecule has 0 saturated carbocycles. The van der Waals surface area contributed by atoms with E-state index in [0.29, 0.717) is 12.1 Å². The Kier molecular flexibility index (Phi) is 7.32. The van der Waals surface area contributed by atoms with Gasteiger partial charge in [-0.3, -0.25) is 4.99 Å². The first-order chi connectivity index (χ1) is 14.5. The second-order valence-corrected chi connectivity index (χ2v) is 7.96. The molecule has 162 valence electrons. The van der Waals surface area contributed by atoms with Crippen molar-refractivity contribution < 1.29 is 13.9 Å². The smallest absolute Gasteiger partial charge is 0.191 e. The lowest BCUT2D eigenvalue weighted by Gasteiger charge is -2.39. The van der Waals surface area contributed by atoms with Gasteiger partial charge >= 0.3 is 0 Å². The van der Waals surface area contributed by atoms with Crippen LogP contribution in [-0.4, -0.2) is 39.9 Å². The summed E-state index contributed by atoms with van der Waals surface area (Å²) in [6.45, 7) is 6.62. The van der Waals surface area contributed by atoms with Crippen LogP contribution in [0.25, 0.3) is 0 Å². The van der Waals surface area contributed by atoms with Crippen LogP contribution in [0, 0.1) is 19.7 Å². The van der Waals surface area contributed by atoms with Gasteiger partial charge in [-0.25, -0.2) is 4.39 Å². The van der Waals surface area contributed by atoms with E-state index in [2.05, 4.69) is 34.7 Å². The van der Waals surface area contributed by atoms with E-state index in [1.165, 1.54) is 17.2 Å². The molecule has 0 amide bonds. The fraction of sp³-hybridized carbons (Fsp3) is 0.458. The molecule has 0 atom stereocenters. The highest BCUT2D eigenvalue weighted by molar-refractivity contribution is 5.79. The van der Waals surface area contributed by atoms with Crippen LogP contribution in [0.15, 0.2) is 41.4 Å². The Morgan fingerprint density at radius 1 is 1.13 bits per heavy atom. The van der Waals surface area contributed by atoms with Crippen LogP contribution in [0.5, 0.6) is 5.75 Å². The molecule has 1 aliphatic rings. The van der Waals surface area contributed by atoms with Gasteiger partial charge in [0.2, 0.25) is 0 Å². The van der Waals surface area contributed by atoms with Crippen molar-refractivity contribution in [3.63, 3.8) is 0 Å². The minimum absolute atomic E-state index is 0.0975. The van der Waals surface area contributed by atoms with Gasteiger partial charge in [0.25, 0.3) is 0 Å². The quantitative estimate of drug-likeness (QED) is 0.558. The molecule has 3 rings (SSSR count). The Bertz CT molecular complexity index is 892. The van der Waals surface area contributed by atoms with Crippen LogP contribution >= 0.6 is 0 Å². The number of hydrogen-bond donors (Lipinski definition) is 2. The van der Waals surface area contributed by atoms with Crippen molar-refractivity contribution in [1.82, 2.24) is 10.6 Å². The molecule has 0 spiro atoms. The van der Waals surface area contributed by atoms with E-state index in [1.807, 2.05) is 12.1 Å². The van der Waals surface area contributed by atoms with Gasteiger partial charge in [-0.15, -0.1) is 0 Å². The number of hydrogen-bond acceptors (Lipinski definition) is 3. The summed E-state index contributed by atoms with van der Waals surface area (Å²) in [4.78, 5) is 4.37. The molecule has 1 heterocycles. The van der Waals surface area contributed by atoms with Crippen molar-refractivity contribution in [2.75, 3.05) is 33.9 Å². The molecule has 1 aliphatic heterocycles. The van der Waals surface area contributed by atoms with E-state index in [-0.39, 0.29) is 11.2 Å². The highest BCUT2D eigenvalue weighted by Gasteiger charge is 2.37. The van der Waals surface area contributed by atoms with Crippen molar-refractivity contribution in [2.45, 2.75) is 38.6 Å². The van der Waals surface area contributed by atoms with Crippen LogP contribution in [0.3, 0.4) is 0 Å². The predicted octanol–water partition coefficient (Wildman–Crippen LogP) is 3.86. The summed E-state index contributed by atoms with van der Waals surface area (Å²) < 4.78 is 24.9. The number of methoxy groups -OCH3 is 1. The first-order valence-electron chi connectivity index (χ1n) is 10.4. The average Bonchev–Trinajstić information content (AvgIpc) is 2.77. The van der Waals surface area contributed by atoms with Gasteiger partial charge in [-0.1, -0.05) is 29.8 Å². The lowest BCUT2D eigenvalue weighted by Crippen LogP contribution is -2.48. The first-order valence-corrected chi connectivity index (χ1v) is 10.4. The number of benzene rings is 2. The normalized spacial score (nSPS) is 16.2. The average molecular weight is 414 g/mol. The van der Waals surface area contributed by atoms with Gasteiger partial charge < -0.3 is 20.1 Å². The third-order valence-corrected chi connectivity index (χ3v) is 5.88. The summed E-state index contributed by atoms with van der Waals surface area (Å²) >= 11 is 0. The fourth-order valence-corrected chi connectivity index (χ4v) is 4.02. The van der Waals surface area contributed by atoms with Gasteiger partial charge in [0.1, 0.15) is 11.6 Å². The highest BCUT2D eigenvalue weighted by Crippen LogP contribution is 2.40. The third-order valence-electron chi connectivity index (χ3n) is 5.88. The maximum absolute atomic E-state index is 13.5. The second-order valence-electron chi connectivity index (χ2n) is 7.96. The zero-order valence-corrected chi connectivity index (χ0v) is 18.3. The Labute approximate surface area is 178 Å². The molecule has 0 radical (unpaired) electrons. The van der Waals surface area contributed by atoms with E-state index in [1.54, 1.807) is 27.1 Å². The fourth-order valence-electron chi connectivity index (χ4n) is 4.02. The maximum atomic E-state index is 13.5. The molecule has 2 aromatic rings. The van der Waals surface area contributed by atoms with Crippen LogP contribution in [0.1, 0.15) is 35.1 Å². The molecule has 6 heteroatoms. The van der Waals surface area contributed by atoms with Gasteiger partial charge in [0.15, 0.2) is 5.96 Å². The summed E-state index contributed by atoms with van der Waals surface area (Å²) in [6, 6.07) is 11.5. The second kappa shape index (κ2) is 9.94. The third kappa shape index (κ3) is 5.11. The van der Waals surface area contributed by atoms with Crippen molar-refractivity contribution >= 4 is 5.96 Å². The highest BCUT2D eigenvalue weighted by atomic mass is 19.1. The standard InChI is InChI=1S/C24H32FN3O2/c1-17-5-8-22(29-4)20(13-17)24(9-11-30-12-10-24)16-28-23(26-3)27-15-19-6-7-21(25)18(2)14-19/h5-8,13-14H,9-12,15-16H2,1-4H3,(H2,26,27,28). The molecular formula is C24H32FN3O2. The summed E-state index contributed by atoms with van der Waals surface area (Å²) in [6.07, 6.45) is 1.82. The predicted molar refractivity (Wildman–Crippen MR) is 119 cm³/mol. The van der Waals surface area contributed by atoms with Crippen LogP contribution < -0.4 is 15.4 Å². The van der Waals surface area contributed by atoms with Gasteiger partial charge in [0.05, 0.1) is 7.11 Å². The van der Waals surface area contributed by atoms with Crippen molar-refractivity contribution in [2.24, 2.45) is 4.99 Å². The van der Waals surface area contributed by atoms with Gasteiger partial charge in [-0.2, -0.15) is 0 Å². The van der Waals surface area contributed by atoms with Crippen LogP contribution in [0.2, 0.25) is 0 Å². The Hall–Kier alpha value is -2.60. The minimum atomic E-state index is -0.185. The van der Waals surface area contributed by atoms with E-state index in [9.17, 15) is 4.39 Å². The topological polar surface area (TPSA) is 54.9 Å². The van der Waals surface area contributed by atoms with Crippen molar-refractivity contribution in [1.29, 1.82) is 0 Å². The molecule has 0 unspecified atom stereocenters. The zero-order valence-electron chi connectivity index (χ0n) is 18.3. The lowest BCUT2D eigenvalue weighted by molar-refractivity contribution is 0.0505. The Morgan fingerprint density at radius 2 is 1.90 bits per heavy atom. The maximum Gasteiger partial charge on any atom is 0.191 e. The van der Waals surface area contributed by atoms with E-state index >= 15 is 0 Å². The van der Waals surface area contributed by atoms with E-state index < -0.39 is 0 Å². The van der Waals surface area contributed by atoms with Crippen LogP contribution in [0.4, 0.5) is 4.39 Å². The Morgan fingerprint density at radius 3 is 2.57 bits per heavy atom. The van der Waals surface area contributed by atoms with Gasteiger partial charge in [0, 0.05) is 44.3 Å². The number of nitrogens with zero attached hydrogens (tertiary/aromatic N) is 1. The summed E-state index contributed by atoms with van der Waals surface area (Å²) in [5.41, 5.74) is 3.99. The molecule has 0 aliphatic carbocycles. The molecule has 5 nitrogen and oxygen atoms in total. The molecule has 2 N–H and O–H groups in total. The number of rotatable bonds is 6. The number of ether oxygens (including phenoxy) is 2. The molecule has 2 aromatic carbocycles. The summed E-state index contributed by atoms with van der Waals surface area (Å²) in [5.74, 6) is 1.44. The summed E-state index contributed by atoms with van der Waals surface area (Å²) in [5, 5.41) is 6.83. The SMILES string of the molecule is CN=C(NCc1ccc(F)c(C)c1)NCC1(c2cc(C)ccc2OC)CCOCC1. The molecular weight excluding hydrogens is 381 g/mol. The van der Waals surface area contributed by atoms with E-state index in [4.69, 9.17) is 9.47 Å². The lowest BCUT2D eigenvalue weighted by atomic mass is 9.73. The molecule has 1 fully saturated rings. The monoisotopic (exact) mass is 413 g/mol. The minimum Gasteiger partial charge on any atom is -0.496 e. The number of halogens is 1. The summed E-state index contributed by atoms with van der Waals surface area (Å²) in [7, 11) is 3.48. The Balaban J connectivity index is 1.73. The number of aryl methyl sites for hydroxylation is 2. The van der Waals surface area contributed by atoms with Crippen LogP contribution in [-0.2, 0) is 16.7 Å². The van der Waals surface area contributed by atoms with Gasteiger partial charge in [-0.05, 0) is 49.9 Å². The largest absolute Gasteiger partial charge is 0.496 e. The van der Waals surface area contributed by atoms with E-state index in [0.717, 1.165) is 49.9 Å². The number of aliphatic imine (C=N–C) groups is 1. The number of guanidine groups is 1. The van der Waals surface area contributed by atoms with Crippen molar-refractivity contribution in [3.8, 4) is 5.75 Å². The zero-order chi connectivity index (χ0) is 21.6. The molecule has 1 saturated heterocycles. The number of nitrogens with one attached hydrogen (secondary N) is 2. The molecule has 0 bridgehead atoms. The molecule has 30 heavy (non-hydrogen) atoms. The molecule has 0 aromatic heterocycles.